The lowest BCUT2D eigenvalue weighted by atomic mass is 10.0. The van der Waals surface area contributed by atoms with E-state index in [1.807, 2.05) is 0 Å². The second-order valence-corrected chi connectivity index (χ2v) is 5.64. The van der Waals surface area contributed by atoms with Gasteiger partial charge in [-0.25, -0.2) is 4.98 Å². The van der Waals surface area contributed by atoms with Crippen LogP contribution in [0.5, 0.6) is 0 Å². The third-order valence-electron chi connectivity index (χ3n) is 3.96. The van der Waals surface area contributed by atoms with E-state index < -0.39 is 11.7 Å². The molecule has 26 heavy (non-hydrogen) atoms. The van der Waals surface area contributed by atoms with E-state index in [-0.39, 0.29) is 0 Å². The number of hydrogen-bond acceptors (Lipinski definition) is 4. The van der Waals surface area contributed by atoms with Crippen molar-refractivity contribution in [2.45, 2.75) is 6.18 Å². The van der Waals surface area contributed by atoms with Crippen LogP contribution in [0.3, 0.4) is 0 Å². The summed E-state index contributed by atoms with van der Waals surface area (Å²) >= 11 is 0. The van der Waals surface area contributed by atoms with E-state index >= 15 is 0 Å². The number of pyridine rings is 1. The molecule has 2 N–H and O–H groups in total. The van der Waals surface area contributed by atoms with Crippen molar-refractivity contribution >= 4 is 11.6 Å². The molecule has 0 bridgehead atoms. The summed E-state index contributed by atoms with van der Waals surface area (Å²) in [6, 6.07) is 10.1. The zero-order chi connectivity index (χ0) is 18.3. The summed E-state index contributed by atoms with van der Waals surface area (Å²) in [4.78, 5) is 12.7. The van der Waals surface area contributed by atoms with Gasteiger partial charge in [-0.05, 0) is 30.3 Å². The van der Waals surface area contributed by atoms with Gasteiger partial charge in [0.25, 0.3) is 0 Å². The summed E-state index contributed by atoms with van der Waals surface area (Å²) < 4.78 is 40.2. The standard InChI is InChI=1S/C18H12F3N5/c19-18(20,21)13-3-1-11(2-4-13)15-16(12-5-8-23-9-6-12)26-10-7-14(22)24-17(26)25-15/h1-10H,(H2,22,24,25). The number of imidazole rings is 1. The van der Waals surface area contributed by atoms with Gasteiger partial charge in [-0.2, -0.15) is 18.2 Å². The normalized spacial score (nSPS) is 11.8. The van der Waals surface area contributed by atoms with Crippen molar-refractivity contribution in [1.29, 1.82) is 0 Å². The van der Waals surface area contributed by atoms with Gasteiger partial charge in [-0.15, -0.1) is 0 Å². The first-order valence-corrected chi connectivity index (χ1v) is 7.66. The van der Waals surface area contributed by atoms with E-state index in [1.54, 1.807) is 41.2 Å². The lowest BCUT2D eigenvalue weighted by Gasteiger charge is -2.08. The predicted molar refractivity (Wildman–Crippen MR) is 91.1 cm³/mol. The number of nitrogen functional groups attached to an aromatic ring is 1. The molecule has 4 aromatic rings. The number of aromatic nitrogens is 4. The summed E-state index contributed by atoms with van der Waals surface area (Å²) in [5, 5.41) is 0. The van der Waals surface area contributed by atoms with Crippen molar-refractivity contribution in [2.24, 2.45) is 0 Å². The second-order valence-electron chi connectivity index (χ2n) is 5.64. The highest BCUT2D eigenvalue weighted by Crippen LogP contribution is 2.35. The quantitative estimate of drug-likeness (QED) is 0.589. The fourth-order valence-electron chi connectivity index (χ4n) is 2.75. The molecule has 0 spiro atoms. The fraction of sp³-hybridized carbons (Fsp3) is 0.0556. The molecule has 4 rings (SSSR count). The molecule has 0 aliphatic carbocycles. The maximum atomic E-state index is 12.8. The molecule has 0 amide bonds. The maximum Gasteiger partial charge on any atom is 0.416 e. The van der Waals surface area contributed by atoms with Crippen LogP contribution in [-0.2, 0) is 6.18 Å². The number of halogens is 3. The Morgan fingerprint density at radius 2 is 1.54 bits per heavy atom. The molecule has 1 aromatic carbocycles. The van der Waals surface area contributed by atoms with Crippen LogP contribution in [0.4, 0.5) is 19.0 Å². The molecule has 130 valence electrons. The molecule has 3 aromatic heterocycles. The van der Waals surface area contributed by atoms with Crippen LogP contribution in [0, 0.1) is 0 Å². The average Bonchev–Trinajstić information content (AvgIpc) is 3.00. The second kappa shape index (κ2) is 5.83. The number of anilines is 1. The molecule has 0 unspecified atom stereocenters. The topological polar surface area (TPSA) is 69.1 Å². The molecule has 3 heterocycles. The SMILES string of the molecule is Nc1ccn2c(-c3ccncc3)c(-c3ccc(C(F)(F)F)cc3)nc2n1. The average molecular weight is 355 g/mol. The van der Waals surface area contributed by atoms with Gasteiger partial charge in [-0.3, -0.25) is 9.38 Å². The first-order chi connectivity index (χ1) is 12.4. The van der Waals surface area contributed by atoms with Crippen LogP contribution in [0.15, 0.2) is 61.1 Å². The summed E-state index contributed by atoms with van der Waals surface area (Å²) in [7, 11) is 0. The minimum Gasteiger partial charge on any atom is -0.384 e. The van der Waals surface area contributed by atoms with Crippen LogP contribution in [0.1, 0.15) is 5.56 Å². The van der Waals surface area contributed by atoms with E-state index in [0.29, 0.717) is 28.5 Å². The number of rotatable bonds is 2. The first kappa shape index (κ1) is 16.1. The zero-order valence-corrected chi connectivity index (χ0v) is 13.3. The van der Waals surface area contributed by atoms with Gasteiger partial charge >= 0.3 is 6.18 Å². The van der Waals surface area contributed by atoms with E-state index in [4.69, 9.17) is 5.73 Å². The Bertz CT molecular complexity index is 1070. The lowest BCUT2D eigenvalue weighted by molar-refractivity contribution is -0.137. The molecule has 0 saturated carbocycles. The van der Waals surface area contributed by atoms with Crippen LogP contribution in [0.25, 0.3) is 28.3 Å². The molecule has 0 aliphatic heterocycles. The molecule has 0 atom stereocenters. The highest BCUT2D eigenvalue weighted by atomic mass is 19.4. The Kier molecular flexibility index (Phi) is 3.61. The monoisotopic (exact) mass is 355 g/mol. The number of alkyl halides is 3. The minimum absolute atomic E-state index is 0.308. The predicted octanol–water partition coefficient (Wildman–Crippen LogP) is 4.06. The summed E-state index contributed by atoms with van der Waals surface area (Å²) in [5.74, 6) is 0.675. The minimum atomic E-state index is -4.39. The zero-order valence-electron chi connectivity index (χ0n) is 13.3. The van der Waals surface area contributed by atoms with Gasteiger partial charge in [-0.1, -0.05) is 12.1 Å². The summed E-state index contributed by atoms with van der Waals surface area (Å²) in [6.07, 6.45) is 0.612. The lowest BCUT2D eigenvalue weighted by Crippen LogP contribution is -2.04. The number of nitrogens with zero attached hydrogens (tertiary/aromatic N) is 4. The van der Waals surface area contributed by atoms with Crippen LogP contribution < -0.4 is 5.73 Å². The molecule has 0 fully saturated rings. The highest BCUT2D eigenvalue weighted by molar-refractivity contribution is 5.81. The van der Waals surface area contributed by atoms with E-state index in [9.17, 15) is 13.2 Å². The van der Waals surface area contributed by atoms with Crippen LogP contribution in [0.2, 0.25) is 0 Å². The van der Waals surface area contributed by atoms with Crippen molar-refractivity contribution in [2.75, 3.05) is 5.73 Å². The van der Waals surface area contributed by atoms with E-state index in [0.717, 1.165) is 17.7 Å². The first-order valence-electron chi connectivity index (χ1n) is 7.66. The third-order valence-corrected chi connectivity index (χ3v) is 3.96. The summed E-state index contributed by atoms with van der Waals surface area (Å²) in [6.45, 7) is 0. The van der Waals surface area contributed by atoms with Crippen molar-refractivity contribution in [1.82, 2.24) is 19.4 Å². The number of fused-ring (bicyclic) bond motifs is 1. The van der Waals surface area contributed by atoms with Gasteiger partial charge in [0.05, 0.1) is 17.0 Å². The number of hydrogen-bond donors (Lipinski definition) is 1. The van der Waals surface area contributed by atoms with Crippen molar-refractivity contribution in [3.63, 3.8) is 0 Å². The maximum absolute atomic E-state index is 12.8. The molecule has 0 radical (unpaired) electrons. The Hall–Kier alpha value is -3.42. The number of nitrogens with two attached hydrogens (primary N) is 1. The highest BCUT2D eigenvalue weighted by Gasteiger charge is 2.30. The molecule has 5 nitrogen and oxygen atoms in total. The van der Waals surface area contributed by atoms with Crippen LogP contribution >= 0.6 is 0 Å². The van der Waals surface area contributed by atoms with E-state index in [2.05, 4.69) is 15.0 Å². The molecular formula is C18H12F3N5. The fourth-order valence-corrected chi connectivity index (χ4v) is 2.75. The largest absolute Gasteiger partial charge is 0.416 e. The number of benzene rings is 1. The van der Waals surface area contributed by atoms with Gasteiger partial charge in [0.2, 0.25) is 5.78 Å². The van der Waals surface area contributed by atoms with Crippen molar-refractivity contribution in [3.8, 4) is 22.5 Å². The van der Waals surface area contributed by atoms with E-state index in [1.165, 1.54) is 12.1 Å². The van der Waals surface area contributed by atoms with Gasteiger partial charge < -0.3 is 5.73 Å². The van der Waals surface area contributed by atoms with Crippen LogP contribution in [-0.4, -0.2) is 19.4 Å². The van der Waals surface area contributed by atoms with Crippen molar-refractivity contribution in [3.05, 3.63) is 66.6 Å². The van der Waals surface area contributed by atoms with Gasteiger partial charge in [0.1, 0.15) is 5.82 Å². The molecular weight excluding hydrogens is 343 g/mol. The molecule has 0 aliphatic rings. The molecule has 0 saturated heterocycles. The summed E-state index contributed by atoms with van der Waals surface area (Å²) in [5.41, 5.74) is 7.60. The third kappa shape index (κ3) is 2.75. The van der Waals surface area contributed by atoms with Gasteiger partial charge in [0.15, 0.2) is 0 Å². The Labute approximate surface area is 146 Å². The van der Waals surface area contributed by atoms with Gasteiger partial charge in [0, 0.05) is 29.7 Å². The van der Waals surface area contributed by atoms with Crippen molar-refractivity contribution < 1.29 is 13.2 Å². The Balaban J connectivity index is 1.94. The smallest absolute Gasteiger partial charge is 0.384 e. The Morgan fingerprint density at radius 1 is 0.846 bits per heavy atom. The Morgan fingerprint density at radius 3 is 2.19 bits per heavy atom. The molecule has 8 heteroatoms.